The number of amides is 1. The minimum atomic E-state index is -0.519. The van der Waals surface area contributed by atoms with Gasteiger partial charge in [0.15, 0.2) is 0 Å². The first-order chi connectivity index (χ1) is 11.2. The number of para-hydroxylation sites is 1. The average Bonchev–Trinajstić information content (AvgIpc) is 2.97. The summed E-state index contributed by atoms with van der Waals surface area (Å²) in [6.07, 6.45) is 6.97. The first-order valence-electron chi connectivity index (χ1n) is 8.70. The van der Waals surface area contributed by atoms with Crippen LogP contribution in [0.15, 0.2) is 36.5 Å². The molecular formula is C19H24N2O2. The van der Waals surface area contributed by atoms with Gasteiger partial charge in [-0.15, -0.1) is 0 Å². The molecule has 4 heteroatoms. The van der Waals surface area contributed by atoms with E-state index in [2.05, 4.69) is 18.2 Å². The Balaban J connectivity index is 1.47. The maximum Gasteiger partial charge on any atom is 0.242 e. The van der Waals surface area contributed by atoms with Gasteiger partial charge in [-0.3, -0.25) is 4.79 Å². The molecule has 1 aliphatic carbocycles. The lowest BCUT2D eigenvalue weighted by Crippen LogP contribution is -2.55. The van der Waals surface area contributed by atoms with Crippen molar-refractivity contribution in [2.45, 2.75) is 44.2 Å². The Bertz CT molecular complexity index is 723. The van der Waals surface area contributed by atoms with E-state index in [9.17, 15) is 9.90 Å². The third kappa shape index (κ3) is 2.65. The molecule has 1 amide bonds. The number of carbonyl (C=O) groups excluding carboxylic acids is 1. The molecule has 0 spiro atoms. The molecule has 0 bridgehead atoms. The van der Waals surface area contributed by atoms with Crippen molar-refractivity contribution in [3.63, 3.8) is 0 Å². The lowest BCUT2D eigenvalue weighted by atomic mass is 9.71. The summed E-state index contributed by atoms with van der Waals surface area (Å²) in [7, 11) is 0. The van der Waals surface area contributed by atoms with Crippen LogP contribution in [0.2, 0.25) is 0 Å². The molecule has 1 aromatic carbocycles. The van der Waals surface area contributed by atoms with E-state index < -0.39 is 5.60 Å². The fourth-order valence-corrected chi connectivity index (χ4v) is 4.32. The van der Waals surface area contributed by atoms with E-state index in [1.54, 1.807) is 0 Å². The smallest absolute Gasteiger partial charge is 0.242 e. The van der Waals surface area contributed by atoms with Crippen molar-refractivity contribution in [2.75, 3.05) is 13.1 Å². The van der Waals surface area contributed by atoms with Gasteiger partial charge in [0.1, 0.15) is 6.54 Å². The van der Waals surface area contributed by atoms with E-state index in [1.165, 1.54) is 11.8 Å². The maximum absolute atomic E-state index is 12.7. The van der Waals surface area contributed by atoms with Crippen LogP contribution in [0.4, 0.5) is 0 Å². The van der Waals surface area contributed by atoms with Gasteiger partial charge < -0.3 is 14.6 Å². The molecule has 0 unspecified atom stereocenters. The van der Waals surface area contributed by atoms with Gasteiger partial charge in [-0.25, -0.2) is 0 Å². The molecule has 1 saturated carbocycles. The Hall–Kier alpha value is -1.81. The highest BCUT2D eigenvalue weighted by Crippen LogP contribution is 2.39. The van der Waals surface area contributed by atoms with Gasteiger partial charge in [0.25, 0.3) is 0 Å². The normalized spacial score (nSPS) is 27.9. The second-order valence-electron chi connectivity index (χ2n) is 7.14. The number of fused-ring (bicyclic) bond motifs is 2. The summed E-state index contributed by atoms with van der Waals surface area (Å²) in [5.74, 6) is 0.425. The zero-order chi connectivity index (χ0) is 15.9. The van der Waals surface area contributed by atoms with Crippen LogP contribution in [0, 0.1) is 5.92 Å². The molecule has 23 heavy (non-hydrogen) atoms. The van der Waals surface area contributed by atoms with E-state index in [1.807, 2.05) is 27.8 Å². The maximum atomic E-state index is 12.7. The molecule has 4 nitrogen and oxygen atoms in total. The lowest BCUT2D eigenvalue weighted by Gasteiger charge is -2.47. The summed E-state index contributed by atoms with van der Waals surface area (Å²) in [5, 5.41) is 11.9. The van der Waals surface area contributed by atoms with Crippen LogP contribution >= 0.6 is 0 Å². The van der Waals surface area contributed by atoms with Crippen molar-refractivity contribution in [1.82, 2.24) is 9.47 Å². The van der Waals surface area contributed by atoms with E-state index in [4.69, 9.17) is 0 Å². The quantitative estimate of drug-likeness (QED) is 0.927. The Morgan fingerprint density at radius 2 is 2.09 bits per heavy atom. The van der Waals surface area contributed by atoms with E-state index in [-0.39, 0.29) is 11.8 Å². The number of carbonyl (C=O) groups is 1. The highest BCUT2D eigenvalue weighted by Gasteiger charge is 2.43. The third-order valence-corrected chi connectivity index (χ3v) is 5.77. The zero-order valence-electron chi connectivity index (χ0n) is 13.4. The van der Waals surface area contributed by atoms with Gasteiger partial charge in [-0.05, 0) is 36.8 Å². The molecule has 2 fully saturated rings. The molecule has 0 radical (unpaired) electrons. The van der Waals surface area contributed by atoms with Gasteiger partial charge in [0.2, 0.25) is 5.91 Å². The van der Waals surface area contributed by atoms with Crippen LogP contribution in [-0.2, 0) is 11.3 Å². The number of hydrogen-bond acceptors (Lipinski definition) is 2. The molecular weight excluding hydrogens is 288 g/mol. The van der Waals surface area contributed by atoms with Crippen LogP contribution in [0.3, 0.4) is 0 Å². The van der Waals surface area contributed by atoms with E-state index in [0.717, 1.165) is 31.2 Å². The monoisotopic (exact) mass is 312 g/mol. The molecule has 4 rings (SSSR count). The zero-order valence-corrected chi connectivity index (χ0v) is 13.4. The van der Waals surface area contributed by atoms with Gasteiger partial charge in [0, 0.05) is 30.7 Å². The number of benzene rings is 1. The summed E-state index contributed by atoms with van der Waals surface area (Å²) in [5.41, 5.74) is 0.585. The highest BCUT2D eigenvalue weighted by atomic mass is 16.3. The number of aliphatic hydroxyl groups is 1. The molecule has 2 atom stereocenters. The van der Waals surface area contributed by atoms with Gasteiger partial charge >= 0.3 is 0 Å². The van der Waals surface area contributed by atoms with Crippen molar-refractivity contribution in [1.29, 1.82) is 0 Å². The molecule has 122 valence electrons. The Morgan fingerprint density at radius 1 is 1.22 bits per heavy atom. The first kappa shape index (κ1) is 14.8. The average molecular weight is 312 g/mol. The summed E-state index contributed by atoms with van der Waals surface area (Å²) in [6, 6.07) is 10.2. The molecule has 2 aromatic rings. The first-order valence-corrected chi connectivity index (χ1v) is 8.70. The van der Waals surface area contributed by atoms with Crippen LogP contribution < -0.4 is 0 Å². The minimum absolute atomic E-state index is 0.166. The molecule has 2 heterocycles. The van der Waals surface area contributed by atoms with Gasteiger partial charge in [0.05, 0.1) is 5.60 Å². The standard InChI is InChI=1S/C19H24N2O2/c22-18(14-20-11-8-15-5-1-2-7-17(15)20)21-12-10-19(23)9-4-3-6-16(19)13-21/h1-2,5,7-8,11,16,23H,3-4,6,9-10,12-14H2/t16-,19+/m0/s1. The second kappa shape index (κ2) is 5.68. The molecule has 1 saturated heterocycles. The Kier molecular flexibility index (Phi) is 3.64. The summed E-state index contributed by atoms with van der Waals surface area (Å²) in [4.78, 5) is 14.7. The van der Waals surface area contributed by atoms with Crippen LogP contribution in [-0.4, -0.2) is 39.2 Å². The lowest BCUT2D eigenvalue weighted by molar-refractivity contribution is -0.143. The summed E-state index contributed by atoms with van der Waals surface area (Å²) >= 11 is 0. The number of aromatic nitrogens is 1. The van der Waals surface area contributed by atoms with Crippen molar-refractivity contribution in [3.8, 4) is 0 Å². The fraction of sp³-hybridized carbons (Fsp3) is 0.526. The van der Waals surface area contributed by atoms with Crippen LogP contribution in [0.25, 0.3) is 10.9 Å². The van der Waals surface area contributed by atoms with Crippen molar-refractivity contribution in [2.24, 2.45) is 5.92 Å². The minimum Gasteiger partial charge on any atom is -0.389 e. The Morgan fingerprint density at radius 3 is 3.00 bits per heavy atom. The summed E-state index contributed by atoms with van der Waals surface area (Å²) in [6.45, 7) is 1.79. The van der Waals surface area contributed by atoms with Crippen LogP contribution in [0.5, 0.6) is 0 Å². The van der Waals surface area contributed by atoms with Crippen LogP contribution in [0.1, 0.15) is 32.1 Å². The number of piperidine rings is 1. The predicted octanol–water partition coefficient (Wildman–Crippen LogP) is 2.79. The van der Waals surface area contributed by atoms with Crippen molar-refractivity contribution >= 4 is 16.8 Å². The molecule has 1 aromatic heterocycles. The fourth-order valence-electron chi connectivity index (χ4n) is 4.32. The topological polar surface area (TPSA) is 45.5 Å². The number of nitrogens with zero attached hydrogens (tertiary/aromatic N) is 2. The number of rotatable bonds is 2. The van der Waals surface area contributed by atoms with Gasteiger partial charge in [-0.1, -0.05) is 31.0 Å². The SMILES string of the molecule is O=C(Cn1ccc2ccccc21)N1CC[C@]2(O)CCCC[C@H]2C1. The number of hydrogen-bond donors (Lipinski definition) is 1. The molecule has 1 N–H and O–H groups in total. The second-order valence-corrected chi connectivity index (χ2v) is 7.14. The van der Waals surface area contributed by atoms with Gasteiger partial charge in [-0.2, -0.15) is 0 Å². The summed E-state index contributed by atoms with van der Waals surface area (Å²) < 4.78 is 2.03. The highest BCUT2D eigenvalue weighted by molar-refractivity contribution is 5.83. The van der Waals surface area contributed by atoms with Crippen molar-refractivity contribution in [3.05, 3.63) is 36.5 Å². The number of likely N-dealkylation sites (tertiary alicyclic amines) is 1. The van der Waals surface area contributed by atoms with E-state index >= 15 is 0 Å². The molecule has 1 aliphatic heterocycles. The largest absolute Gasteiger partial charge is 0.389 e. The predicted molar refractivity (Wildman–Crippen MR) is 90.0 cm³/mol. The van der Waals surface area contributed by atoms with E-state index in [0.29, 0.717) is 19.6 Å². The van der Waals surface area contributed by atoms with Crippen molar-refractivity contribution < 1.29 is 9.90 Å². The molecule has 2 aliphatic rings. The third-order valence-electron chi connectivity index (χ3n) is 5.77. The Labute approximate surface area is 136 Å².